The van der Waals surface area contributed by atoms with E-state index in [0.29, 0.717) is 5.41 Å². The zero-order valence-corrected chi connectivity index (χ0v) is 13.9. The van der Waals surface area contributed by atoms with Gasteiger partial charge in [-0.05, 0) is 62.8 Å². The molecule has 1 heterocycles. The molecular weight excluding hydrogens is 258 g/mol. The Bertz CT molecular complexity index is 457. The van der Waals surface area contributed by atoms with Crippen LogP contribution in [-0.4, -0.2) is 22.1 Å². The molecule has 3 heteroatoms. The smallest absolute Gasteiger partial charge is 0.108 e. The summed E-state index contributed by atoms with van der Waals surface area (Å²) in [5.41, 5.74) is 0.504. The van der Waals surface area contributed by atoms with Crippen LogP contribution in [0.4, 0.5) is 0 Å². The first-order chi connectivity index (χ1) is 10.1. The van der Waals surface area contributed by atoms with Crippen LogP contribution in [0.25, 0.3) is 0 Å². The van der Waals surface area contributed by atoms with Crippen molar-refractivity contribution in [2.75, 3.05) is 6.54 Å². The molecule has 2 aliphatic carbocycles. The highest BCUT2D eigenvalue weighted by atomic mass is 15.1. The van der Waals surface area contributed by atoms with E-state index in [1.54, 1.807) is 0 Å². The Morgan fingerprint density at radius 3 is 2.81 bits per heavy atom. The summed E-state index contributed by atoms with van der Waals surface area (Å²) in [4.78, 5) is 4.61. The number of aryl methyl sites for hydroxylation is 1. The third-order valence-corrected chi connectivity index (χ3v) is 5.51. The van der Waals surface area contributed by atoms with Crippen LogP contribution < -0.4 is 5.32 Å². The SMILES string of the molecule is CCn1ccnc1CC1CC(C)(C)CCC1CNC1CC1. The first-order valence-electron chi connectivity index (χ1n) is 8.81. The summed E-state index contributed by atoms with van der Waals surface area (Å²) in [7, 11) is 0. The molecule has 3 rings (SSSR count). The fraction of sp³-hybridized carbons (Fsp3) is 0.833. The highest BCUT2D eigenvalue weighted by Gasteiger charge is 2.36. The predicted octanol–water partition coefficient (Wildman–Crippen LogP) is 3.64. The van der Waals surface area contributed by atoms with E-state index >= 15 is 0 Å². The van der Waals surface area contributed by atoms with Crippen molar-refractivity contribution >= 4 is 0 Å². The van der Waals surface area contributed by atoms with E-state index in [4.69, 9.17) is 0 Å². The van der Waals surface area contributed by atoms with Crippen LogP contribution in [0.5, 0.6) is 0 Å². The van der Waals surface area contributed by atoms with E-state index in [0.717, 1.165) is 30.8 Å². The zero-order chi connectivity index (χ0) is 14.9. The van der Waals surface area contributed by atoms with Crippen molar-refractivity contribution in [3.63, 3.8) is 0 Å². The number of hydrogen-bond acceptors (Lipinski definition) is 2. The normalized spacial score (nSPS) is 28.7. The predicted molar refractivity (Wildman–Crippen MR) is 87.2 cm³/mol. The average molecular weight is 289 g/mol. The van der Waals surface area contributed by atoms with Crippen molar-refractivity contribution in [2.24, 2.45) is 17.3 Å². The molecule has 0 spiro atoms. The summed E-state index contributed by atoms with van der Waals surface area (Å²) in [5.74, 6) is 2.91. The van der Waals surface area contributed by atoms with Gasteiger partial charge >= 0.3 is 0 Å². The van der Waals surface area contributed by atoms with E-state index in [2.05, 4.69) is 41.8 Å². The van der Waals surface area contributed by atoms with Crippen molar-refractivity contribution in [2.45, 2.75) is 71.9 Å². The van der Waals surface area contributed by atoms with Gasteiger partial charge in [0.25, 0.3) is 0 Å². The van der Waals surface area contributed by atoms with Gasteiger partial charge in [0.2, 0.25) is 0 Å². The molecule has 0 radical (unpaired) electrons. The van der Waals surface area contributed by atoms with Crippen LogP contribution in [0.3, 0.4) is 0 Å². The van der Waals surface area contributed by atoms with Crippen LogP contribution in [0.15, 0.2) is 12.4 Å². The molecule has 21 heavy (non-hydrogen) atoms. The van der Waals surface area contributed by atoms with E-state index in [1.807, 2.05) is 6.20 Å². The number of rotatable bonds is 6. The highest BCUT2D eigenvalue weighted by molar-refractivity contribution is 4.98. The van der Waals surface area contributed by atoms with Crippen molar-refractivity contribution in [1.29, 1.82) is 0 Å². The van der Waals surface area contributed by atoms with E-state index in [1.165, 1.54) is 44.5 Å². The van der Waals surface area contributed by atoms with E-state index in [9.17, 15) is 0 Å². The van der Waals surface area contributed by atoms with Crippen molar-refractivity contribution in [3.8, 4) is 0 Å². The molecule has 0 bridgehead atoms. The summed E-state index contributed by atoms with van der Waals surface area (Å²) in [6.45, 7) is 9.35. The molecule has 2 fully saturated rings. The van der Waals surface area contributed by atoms with E-state index < -0.39 is 0 Å². The number of nitrogens with one attached hydrogen (secondary N) is 1. The van der Waals surface area contributed by atoms with Crippen molar-refractivity contribution < 1.29 is 0 Å². The molecule has 118 valence electrons. The molecule has 2 saturated carbocycles. The lowest BCUT2D eigenvalue weighted by atomic mass is 9.66. The monoisotopic (exact) mass is 289 g/mol. The Morgan fingerprint density at radius 1 is 1.29 bits per heavy atom. The topological polar surface area (TPSA) is 29.9 Å². The zero-order valence-electron chi connectivity index (χ0n) is 13.9. The molecule has 2 atom stereocenters. The van der Waals surface area contributed by atoms with Crippen LogP contribution >= 0.6 is 0 Å². The third kappa shape index (κ3) is 3.88. The van der Waals surface area contributed by atoms with Crippen LogP contribution in [0.2, 0.25) is 0 Å². The summed E-state index contributed by atoms with van der Waals surface area (Å²) < 4.78 is 2.31. The minimum absolute atomic E-state index is 0.504. The van der Waals surface area contributed by atoms with Crippen LogP contribution in [0.1, 0.15) is 58.7 Å². The largest absolute Gasteiger partial charge is 0.335 e. The maximum absolute atomic E-state index is 4.61. The summed E-state index contributed by atoms with van der Waals surface area (Å²) in [5, 5.41) is 3.76. The van der Waals surface area contributed by atoms with Gasteiger partial charge in [-0.2, -0.15) is 0 Å². The Labute approximate surface area is 129 Å². The number of aromatic nitrogens is 2. The molecule has 0 aromatic carbocycles. The highest BCUT2D eigenvalue weighted by Crippen LogP contribution is 2.43. The molecule has 0 saturated heterocycles. The second-order valence-corrected chi connectivity index (χ2v) is 7.94. The maximum atomic E-state index is 4.61. The number of nitrogens with zero attached hydrogens (tertiary/aromatic N) is 2. The molecular formula is C18H31N3. The molecule has 0 aliphatic heterocycles. The molecule has 1 aromatic heterocycles. The van der Waals surface area contributed by atoms with Gasteiger partial charge in [0.1, 0.15) is 5.82 Å². The van der Waals surface area contributed by atoms with Gasteiger partial charge in [0.15, 0.2) is 0 Å². The Balaban J connectivity index is 1.66. The van der Waals surface area contributed by atoms with E-state index in [-0.39, 0.29) is 0 Å². The third-order valence-electron chi connectivity index (χ3n) is 5.51. The van der Waals surface area contributed by atoms with Gasteiger partial charge in [0.05, 0.1) is 0 Å². The standard InChI is InChI=1S/C18H31N3/c1-4-21-10-9-19-17(21)11-15-12-18(2,3)8-7-14(15)13-20-16-5-6-16/h9-10,14-16,20H,4-8,11-13H2,1-3H3. The Kier molecular flexibility index (Phi) is 4.39. The molecule has 1 N–H and O–H groups in total. The van der Waals surface area contributed by atoms with Crippen molar-refractivity contribution in [3.05, 3.63) is 18.2 Å². The first kappa shape index (κ1) is 15.1. The summed E-state index contributed by atoms with van der Waals surface area (Å²) >= 11 is 0. The molecule has 2 aliphatic rings. The second kappa shape index (κ2) is 6.12. The lowest BCUT2D eigenvalue weighted by Crippen LogP contribution is -2.38. The fourth-order valence-electron chi connectivity index (χ4n) is 3.96. The van der Waals surface area contributed by atoms with Gasteiger partial charge in [0, 0.05) is 31.4 Å². The lowest BCUT2D eigenvalue weighted by Gasteiger charge is -2.41. The second-order valence-electron chi connectivity index (χ2n) is 7.94. The molecule has 2 unspecified atom stereocenters. The van der Waals surface area contributed by atoms with Crippen LogP contribution in [-0.2, 0) is 13.0 Å². The van der Waals surface area contributed by atoms with Crippen LogP contribution in [0, 0.1) is 17.3 Å². The van der Waals surface area contributed by atoms with Gasteiger partial charge < -0.3 is 9.88 Å². The molecule has 1 aromatic rings. The quantitative estimate of drug-likeness (QED) is 0.866. The van der Waals surface area contributed by atoms with Gasteiger partial charge in [-0.1, -0.05) is 13.8 Å². The number of hydrogen-bond donors (Lipinski definition) is 1. The summed E-state index contributed by atoms with van der Waals surface area (Å²) in [6, 6.07) is 0.832. The fourth-order valence-corrected chi connectivity index (χ4v) is 3.96. The van der Waals surface area contributed by atoms with Crippen molar-refractivity contribution in [1.82, 2.24) is 14.9 Å². The number of imidazole rings is 1. The molecule has 3 nitrogen and oxygen atoms in total. The first-order valence-corrected chi connectivity index (χ1v) is 8.81. The lowest BCUT2D eigenvalue weighted by molar-refractivity contribution is 0.113. The average Bonchev–Trinajstić information content (AvgIpc) is 3.16. The van der Waals surface area contributed by atoms with Gasteiger partial charge in [-0.15, -0.1) is 0 Å². The minimum Gasteiger partial charge on any atom is -0.335 e. The Hall–Kier alpha value is -0.830. The Morgan fingerprint density at radius 2 is 2.10 bits per heavy atom. The molecule has 0 amide bonds. The maximum Gasteiger partial charge on any atom is 0.108 e. The van der Waals surface area contributed by atoms with Gasteiger partial charge in [-0.3, -0.25) is 0 Å². The van der Waals surface area contributed by atoms with Gasteiger partial charge in [-0.25, -0.2) is 4.98 Å². The minimum atomic E-state index is 0.504. The summed E-state index contributed by atoms with van der Waals surface area (Å²) in [6.07, 6.45) is 12.1.